The highest BCUT2D eigenvalue weighted by Gasteiger charge is 2.07. The summed E-state index contributed by atoms with van der Waals surface area (Å²) in [6.45, 7) is 0.0786. The van der Waals surface area contributed by atoms with Crippen molar-refractivity contribution in [1.29, 1.82) is 0 Å². The van der Waals surface area contributed by atoms with E-state index in [4.69, 9.17) is 10.5 Å². The highest BCUT2D eigenvalue weighted by molar-refractivity contribution is 5.91. The lowest BCUT2D eigenvalue weighted by atomic mass is 10.1. The van der Waals surface area contributed by atoms with Crippen LogP contribution in [0.3, 0.4) is 0 Å². The number of carbonyl (C=O) groups excluding carboxylic acids is 2. The number of rotatable bonds is 5. The summed E-state index contributed by atoms with van der Waals surface area (Å²) in [6.07, 6.45) is 0. The van der Waals surface area contributed by atoms with Gasteiger partial charge in [0.25, 0.3) is 5.91 Å². The van der Waals surface area contributed by atoms with Crippen LogP contribution in [0.5, 0.6) is 0 Å². The lowest BCUT2D eigenvalue weighted by Gasteiger charge is -2.03. The number of ether oxygens (including phenoxy) is 2. The predicted octanol–water partition coefficient (Wildman–Crippen LogP) is 0.475. The van der Waals surface area contributed by atoms with E-state index in [0.29, 0.717) is 12.2 Å². The first-order valence-electron chi connectivity index (χ1n) is 4.67. The third-order valence-electron chi connectivity index (χ3n) is 1.85. The molecule has 0 heterocycles. The quantitative estimate of drug-likeness (QED) is 0.736. The molecule has 86 valence electrons. The van der Waals surface area contributed by atoms with E-state index in [-0.39, 0.29) is 0 Å². The molecule has 1 aromatic carbocycles. The van der Waals surface area contributed by atoms with Gasteiger partial charge in [-0.2, -0.15) is 0 Å². The Bertz CT molecular complexity index is 372. The largest absolute Gasteiger partial charge is 0.452 e. The minimum absolute atomic E-state index is 0.376. The Labute approximate surface area is 93.1 Å². The van der Waals surface area contributed by atoms with Crippen molar-refractivity contribution in [3.8, 4) is 0 Å². The van der Waals surface area contributed by atoms with Gasteiger partial charge in [0.15, 0.2) is 6.61 Å². The summed E-state index contributed by atoms with van der Waals surface area (Å²) in [7, 11) is 1.59. The zero-order valence-electron chi connectivity index (χ0n) is 8.93. The molecule has 0 aliphatic heterocycles. The van der Waals surface area contributed by atoms with Crippen molar-refractivity contribution >= 4 is 11.9 Å². The first-order valence-corrected chi connectivity index (χ1v) is 4.67. The zero-order chi connectivity index (χ0) is 12.0. The predicted molar refractivity (Wildman–Crippen MR) is 56.6 cm³/mol. The van der Waals surface area contributed by atoms with Crippen LogP contribution in [-0.2, 0) is 20.9 Å². The van der Waals surface area contributed by atoms with E-state index < -0.39 is 18.5 Å². The van der Waals surface area contributed by atoms with Crippen LogP contribution in [0, 0.1) is 0 Å². The standard InChI is InChI=1S/C11H13NO4/c1-15-6-8-2-4-9(5-3-8)11(14)16-7-10(12)13/h2-5H,6-7H2,1H3,(H2,12,13). The van der Waals surface area contributed by atoms with Gasteiger partial charge in [-0.3, -0.25) is 4.79 Å². The second-order valence-corrected chi connectivity index (χ2v) is 3.17. The molecule has 0 aliphatic rings. The van der Waals surface area contributed by atoms with Crippen molar-refractivity contribution in [3.05, 3.63) is 35.4 Å². The fourth-order valence-corrected chi connectivity index (χ4v) is 1.12. The van der Waals surface area contributed by atoms with Crippen molar-refractivity contribution in [3.63, 3.8) is 0 Å². The van der Waals surface area contributed by atoms with Crippen LogP contribution in [0.25, 0.3) is 0 Å². The molecule has 16 heavy (non-hydrogen) atoms. The van der Waals surface area contributed by atoms with Crippen molar-refractivity contribution in [2.45, 2.75) is 6.61 Å². The SMILES string of the molecule is COCc1ccc(C(=O)OCC(N)=O)cc1. The highest BCUT2D eigenvalue weighted by atomic mass is 16.5. The molecule has 1 aromatic rings. The van der Waals surface area contributed by atoms with Crippen LogP contribution in [0.15, 0.2) is 24.3 Å². The first kappa shape index (κ1) is 12.2. The number of primary amides is 1. The number of amides is 1. The summed E-state index contributed by atoms with van der Waals surface area (Å²) in [6, 6.07) is 6.73. The van der Waals surface area contributed by atoms with Gasteiger partial charge in [0.05, 0.1) is 12.2 Å². The Hall–Kier alpha value is -1.88. The molecular formula is C11H13NO4. The van der Waals surface area contributed by atoms with Crippen molar-refractivity contribution in [2.24, 2.45) is 5.73 Å². The minimum Gasteiger partial charge on any atom is -0.452 e. The smallest absolute Gasteiger partial charge is 0.338 e. The average Bonchev–Trinajstić information content (AvgIpc) is 2.27. The van der Waals surface area contributed by atoms with Gasteiger partial charge in [-0.05, 0) is 17.7 Å². The third-order valence-corrected chi connectivity index (χ3v) is 1.85. The van der Waals surface area contributed by atoms with E-state index in [2.05, 4.69) is 4.74 Å². The van der Waals surface area contributed by atoms with Gasteiger partial charge >= 0.3 is 5.97 Å². The Balaban J connectivity index is 2.59. The minimum atomic E-state index is -0.677. The van der Waals surface area contributed by atoms with Gasteiger partial charge in [-0.1, -0.05) is 12.1 Å². The molecule has 0 saturated carbocycles. The van der Waals surface area contributed by atoms with Gasteiger partial charge in [0.1, 0.15) is 0 Å². The summed E-state index contributed by atoms with van der Waals surface area (Å²) in [5.74, 6) is -1.24. The summed E-state index contributed by atoms with van der Waals surface area (Å²) < 4.78 is 9.57. The van der Waals surface area contributed by atoms with Gasteiger partial charge in [0.2, 0.25) is 0 Å². The summed E-state index contributed by atoms with van der Waals surface area (Å²) in [4.78, 5) is 21.8. The molecule has 0 radical (unpaired) electrons. The number of nitrogens with two attached hydrogens (primary N) is 1. The van der Waals surface area contributed by atoms with Crippen molar-refractivity contribution < 1.29 is 19.1 Å². The molecule has 2 N–H and O–H groups in total. The molecule has 1 amide bonds. The van der Waals surface area contributed by atoms with Crippen molar-refractivity contribution in [2.75, 3.05) is 13.7 Å². The van der Waals surface area contributed by atoms with Crippen LogP contribution >= 0.6 is 0 Å². The normalized spacial score (nSPS) is 9.81. The Morgan fingerprint density at radius 2 is 1.88 bits per heavy atom. The molecular weight excluding hydrogens is 210 g/mol. The van der Waals surface area contributed by atoms with Crippen LogP contribution < -0.4 is 5.73 Å². The van der Waals surface area contributed by atoms with Crippen LogP contribution in [-0.4, -0.2) is 25.6 Å². The molecule has 5 nitrogen and oxygen atoms in total. The molecule has 0 unspecified atom stereocenters. The van der Waals surface area contributed by atoms with Gasteiger partial charge in [-0.25, -0.2) is 4.79 Å². The van der Waals surface area contributed by atoms with Gasteiger partial charge in [0, 0.05) is 7.11 Å². The molecule has 0 fully saturated rings. The maximum absolute atomic E-state index is 11.4. The van der Waals surface area contributed by atoms with Gasteiger partial charge < -0.3 is 15.2 Å². The number of hydrogen-bond acceptors (Lipinski definition) is 4. The van der Waals surface area contributed by atoms with Crippen LogP contribution in [0.4, 0.5) is 0 Å². The second-order valence-electron chi connectivity index (χ2n) is 3.17. The molecule has 0 aromatic heterocycles. The average molecular weight is 223 g/mol. The third kappa shape index (κ3) is 3.70. The number of hydrogen-bond donors (Lipinski definition) is 1. The topological polar surface area (TPSA) is 78.6 Å². The molecule has 1 rings (SSSR count). The highest BCUT2D eigenvalue weighted by Crippen LogP contribution is 2.06. The first-order chi connectivity index (χ1) is 7.63. The fourth-order valence-electron chi connectivity index (χ4n) is 1.12. The van der Waals surface area contributed by atoms with E-state index in [0.717, 1.165) is 5.56 Å². The zero-order valence-corrected chi connectivity index (χ0v) is 8.93. The number of carbonyl (C=O) groups is 2. The Morgan fingerprint density at radius 3 is 2.38 bits per heavy atom. The number of esters is 1. The Morgan fingerprint density at radius 1 is 1.25 bits per heavy atom. The van der Waals surface area contributed by atoms with E-state index in [1.54, 1.807) is 31.4 Å². The molecule has 0 bridgehead atoms. The van der Waals surface area contributed by atoms with E-state index >= 15 is 0 Å². The van der Waals surface area contributed by atoms with Crippen LogP contribution in [0.1, 0.15) is 15.9 Å². The maximum Gasteiger partial charge on any atom is 0.338 e. The van der Waals surface area contributed by atoms with E-state index in [9.17, 15) is 9.59 Å². The molecule has 0 atom stereocenters. The molecule has 0 saturated heterocycles. The molecule has 0 spiro atoms. The summed E-state index contributed by atoms with van der Waals surface area (Å²) in [5.41, 5.74) is 6.18. The van der Waals surface area contributed by atoms with Gasteiger partial charge in [-0.15, -0.1) is 0 Å². The van der Waals surface area contributed by atoms with Crippen LogP contribution in [0.2, 0.25) is 0 Å². The van der Waals surface area contributed by atoms with Crippen molar-refractivity contribution in [1.82, 2.24) is 0 Å². The summed E-state index contributed by atoms with van der Waals surface area (Å²) in [5, 5.41) is 0. The lowest BCUT2D eigenvalue weighted by Crippen LogP contribution is -2.20. The summed E-state index contributed by atoms with van der Waals surface area (Å²) >= 11 is 0. The number of methoxy groups -OCH3 is 1. The second kappa shape index (κ2) is 5.87. The van der Waals surface area contributed by atoms with E-state index in [1.165, 1.54) is 0 Å². The van der Waals surface area contributed by atoms with E-state index in [1.807, 2.05) is 0 Å². The fraction of sp³-hybridized carbons (Fsp3) is 0.273. The Kier molecular flexibility index (Phi) is 4.47. The maximum atomic E-state index is 11.4. The lowest BCUT2D eigenvalue weighted by molar-refractivity contribution is -0.121. The molecule has 0 aliphatic carbocycles. The number of benzene rings is 1. The monoisotopic (exact) mass is 223 g/mol. The molecule has 5 heteroatoms.